The maximum atomic E-state index is 9.10. The van der Waals surface area contributed by atoms with Gasteiger partial charge in [0.25, 0.3) is 0 Å². The maximum Gasteiger partial charge on any atom is 0.414 e. The summed E-state index contributed by atoms with van der Waals surface area (Å²) >= 11 is 0. The van der Waals surface area contributed by atoms with Gasteiger partial charge in [-0.2, -0.15) is 0 Å². The van der Waals surface area contributed by atoms with Crippen molar-refractivity contribution in [3.8, 4) is 5.75 Å². The van der Waals surface area contributed by atoms with Gasteiger partial charge < -0.3 is 19.8 Å². The van der Waals surface area contributed by atoms with Gasteiger partial charge in [-0.05, 0) is 56.8 Å². The third-order valence-corrected chi connectivity index (χ3v) is 4.26. The van der Waals surface area contributed by atoms with Crippen molar-refractivity contribution in [2.45, 2.75) is 25.7 Å². The minimum absolute atomic E-state index is 0.821. The highest BCUT2D eigenvalue weighted by molar-refractivity contribution is 6.27. The molecule has 0 amide bonds. The van der Waals surface area contributed by atoms with E-state index in [-0.39, 0.29) is 0 Å². The molecule has 140 valence electrons. The fourth-order valence-electron chi connectivity index (χ4n) is 2.95. The Morgan fingerprint density at radius 2 is 1.58 bits per heavy atom. The zero-order chi connectivity index (χ0) is 18.8. The maximum absolute atomic E-state index is 9.10. The van der Waals surface area contributed by atoms with Crippen molar-refractivity contribution in [1.82, 2.24) is 4.90 Å². The lowest BCUT2D eigenvalue weighted by molar-refractivity contribution is -0.159. The number of rotatable bonds is 6. The number of aliphatic carboxylic acids is 2. The smallest absolute Gasteiger partial charge is 0.414 e. The molecule has 2 N–H and O–H groups in total. The molecule has 0 atom stereocenters. The number of carbonyl (C=O) groups is 2. The summed E-state index contributed by atoms with van der Waals surface area (Å²) in [5.41, 5.74) is 0. The summed E-state index contributed by atoms with van der Waals surface area (Å²) in [7, 11) is 0. The average Bonchev–Trinajstić information content (AvgIpc) is 3.15. The predicted octanol–water partition coefficient (Wildman–Crippen LogP) is 3.25. The summed E-state index contributed by atoms with van der Waals surface area (Å²) in [6, 6.07) is 14.7. The lowest BCUT2D eigenvalue weighted by Crippen LogP contribution is -2.20. The highest BCUT2D eigenvalue weighted by Crippen LogP contribution is 2.25. The van der Waals surface area contributed by atoms with E-state index in [0.29, 0.717) is 0 Å². The Balaban J connectivity index is 0.000000352. The Bertz CT molecular complexity index is 708. The van der Waals surface area contributed by atoms with Crippen LogP contribution in [0.5, 0.6) is 5.75 Å². The number of benzene rings is 2. The number of carboxylic acids is 2. The normalized spacial score (nSPS) is 13.8. The van der Waals surface area contributed by atoms with Crippen molar-refractivity contribution in [3.05, 3.63) is 42.5 Å². The Labute approximate surface area is 153 Å². The molecule has 6 heteroatoms. The molecular formula is C20H25NO5. The van der Waals surface area contributed by atoms with E-state index in [0.717, 1.165) is 18.8 Å². The predicted molar refractivity (Wildman–Crippen MR) is 99.6 cm³/mol. The van der Waals surface area contributed by atoms with Crippen LogP contribution in [-0.4, -0.2) is 53.3 Å². The molecule has 3 rings (SSSR count). The fourth-order valence-corrected chi connectivity index (χ4v) is 2.95. The second-order valence-electron chi connectivity index (χ2n) is 6.19. The van der Waals surface area contributed by atoms with Crippen LogP contribution in [-0.2, 0) is 9.59 Å². The summed E-state index contributed by atoms with van der Waals surface area (Å²) < 4.78 is 5.97. The van der Waals surface area contributed by atoms with Crippen LogP contribution >= 0.6 is 0 Å². The monoisotopic (exact) mass is 359 g/mol. The van der Waals surface area contributed by atoms with Gasteiger partial charge in [0.05, 0.1) is 6.61 Å². The average molecular weight is 359 g/mol. The summed E-state index contributed by atoms with van der Waals surface area (Å²) in [5, 5.41) is 17.3. The molecule has 0 bridgehead atoms. The van der Waals surface area contributed by atoms with E-state index in [4.69, 9.17) is 24.5 Å². The highest BCUT2D eigenvalue weighted by Gasteiger charge is 2.10. The second kappa shape index (κ2) is 10.4. The van der Waals surface area contributed by atoms with Gasteiger partial charge in [0, 0.05) is 5.39 Å². The lowest BCUT2D eigenvalue weighted by Gasteiger charge is -2.14. The van der Waals surface area contributed by atoms with Gasteiger partial charge in [0.15, 0.2) is 0 Å². The van der Waals surface area contributed by atoms with Crippen LogP contribution in [0.1, 0.15) is 25.7 Å². The standard InChI is InChI=1S/C18H23NO.C2H2O4/c1-2-10-17-16(8-1)9-7-11-18(17)20-15-6-5-14-19-12-3-4-13-19;3-1(4)2(5)6/h1-2,7-11H,3-6,12-15H2;(H,3,4)(H,5,6). The van der Waals surface area contributed by atoms with Gasteiger partial charge in [0.1, 0.15) is 5.75 Å². The molecule has 1 aliphatic rings. The summed E-state index contributed by atoms with van der Waals surface area (Å²) in [4.78, 5) is 20.8. The molecule has 0 aliphatic carbocycles. The van der Waals surface area contributed by atoms with Crippen LogP contribution in [0.25, 0.3) is 10.8 Å². The van der Waals surface area contributed by atoms with E-state index >= 15 is 0 Å². The number of hydrogen-bond donors (Lipinski definition) is 2. The molecule has 1 heterocycles. The third-order valence-electron chi connectivity index (χ3n) is 4.26. The Hall–Kier alpha value is -2.60. The molecule has 0 unspecified atom stereocenters. The van der Waals surface area contributed by atoms with E-state index in [2.05, 4.69) is 47.4 Å². The van der Waals surface area contributed by atoms with E-state index < -0.39 is 11.9 Å². The van der Waals surface area contributed by atoms with Gasteiger partial charge in [-0.15, -0.1) is 0 Å². The van der Waals surface area contributed by atoms with Crippen molar-refractivity contribution in [2.24, 2.45) is 0 Å². The molecule has 6 nitrogen and oxygen atoms in total. The summed E-state index contributed by atoms with van der Waals surface area (Å²) in [6.07, 6.45) is 5.14. The third kappa shape index (κ3) is 6.37. The van der Waals surface area contributed by atoms with E-state index in [1.807, 2.05) is 0 Å². The second-order valence-corrected chi connectivity index (χ2v) is 6.19. The molecule has 0 radical (unpaired) electrons. The first-order valence-corrected chi connectivity index (χ1v) is 8.87. The first kappa shape index (κ1) is 19.7. The highest BCUT2D eigenvalue weighted by atomic mass is 16.5. The minimum atomic E-state index is -1.82. The first-order chi connectivity index (χ1) is 12.6. The number of carboxylic acid groups (broad SMARTS) is 2. The zero-order valence-electron chi connectivity index (χ0n) is 14.8. The van der Waals surface area contributed by atoms with Crippen molar-refractivity contribution < 1.29 is 24.5 Å². The first-order valence-electron chi connectivity index (χ1n) is 8.87. The quantitative estimate of drug-likeness (QED) is 0.608. The number of ether oxygens (including phenoxy) is 1. The van der Waals surface area contributed by atoms with Crippen molar-refractivity contribution in [3.63, 3.8) is 0 Å². The Morgan fingerprint density at radius 1 is 0.923 bits per heavy atom. The number of fused-ring (bicyclic) bond motifs is 1. The van der Waals surface area contributed by atoms with Crippen molar-refractivity contribution >= 4 is 22.7 Å². The van der Waals surface area contributed by atoms with Crippen LogP contribution in [0.15, 0.2) is 42.5 Å². The summed E-state index contributed by atoms with van der Waals surface area (Å²) in [6.45, 7) is 4.65. The molecule has 0 saturated carbocycles. The molecule has 2 aromatic rings. The van der Waals surface area contributed by atoms with E-state index in [1.165, 1.54) is 49.7 Å². The van der Waals surface area contributed by atoms with Crippen LogP contribution in [0.3, 0.4) is 0 Å². The van der Waals surface area contributed by atoms with Gasteiger partial charge in [-0.3, -0.25) is 0 Å². The molecule has 0 aromatic heterocycles. The van der Waals surface area contributed by atoms with Crippen LogP contribution in [0.4, 0.5) is 0 Å². The number of hydrogen-bond acceptors (Lipinski definition) is 4. The largest absolute Gasteiger partial charge is 0.493 e. The van der Waals surface area contributed by atoms with Crippen molar-refractivity contribution in [1.29, 1.82) is 0 Å². The molecule has 26 heavy (non-hydrogen) atoms. The molecular weight excluding hydrogens is 334 g/mol. The molecule has 1 saturated heterocycles. The molecule has 2 aromatic carbocycles. The number of nitrogens with zero attached hydrogens (tertiary/aromatic N) is 1. The molecule has 1 fully saturated rings. The van der Waals surface area contributed by atoms with Gasteiger partial charge in [-0.25, -0.2) is 9.59 Å². The Morgan fingerprint density at radius 3 is 2.27 bits per heavy atom. The van der Waals surface area contributed by atoms with Crippen molar-refractivity contribution in [2.75, 3.05) is 26.2 Å². The van der Waals surface area contributed by atoms with Crippen LogP contribution < -0.4 is 4.74 Å². The van der Waals surface area contributed by atoms with Gasteiger partial charge in [0.2, 0.25) is 0 Å². The number of unbranched alkanes of at least 4 members (excludes halogenated alkanes) is 1. The zero-order valence-corrected chi connectivity index (χ0v) is 14.8. The van der Waals surface area contributed by atoms with Gasteiger partial charge >= 0.3 is 11.9 Å². The van der Waals surface area contributed by atoms with Crippen LogP contribution in [0, 0.1) is 0 Å². The Kier molecular flexibility index (Phi) is 7.89. The number of likely N-dealkylation sites (tertiary alicyclic amines) is 1. The summed E-state index contributed by atoms with van der Waals surface area (Å²) in [5.74, 6) is -2.63. The van der Waals surface area contributed by atoms with E-state index in [9.17, 15) is 0 Å². The van der Waals surface area contributed by atoms with Gasteiger partial charge in [-0.1, -0.05) is 36.4 Å². The fraction of sp³-hybridized carbons (Fsp3) is 0.400. The topological polar surface area (TPSA) is 87.1 Å². The van der Waals surface area contributed by atoms with E-state index in [1.54, 1.807) is 0 Å². The lowest BCUT2D eigenvalue weighted by atomic mass is 10.1. The minimum Gasteiger partial charge on any atom is -0.493 e. The SMILES string of the molecule is O=C(O)C(=O)O.c1ccc2c(OCCCCN3CCCC3)cccc2c1. The molecule has 0 spiro atoms. The van der Waals surface area contributed by atoms with Crippen LogP contribution in [0.2, 0.25) is 0 Å². The molecule has 1 aliphatic heterocycles.